The van der Waals surface area contributed by atoms with Crippen molar-refractivity contribution in [3.63, 3.8) is 0 Å². The Morgan fingerprint density at radius 1 is 1.19 bits per heavy atom. The van der Waals surface area contributed by atoms with E-state index in [1.165, 1.54) is 13.8 Å². The molecular formula is C28H39NO8. The van der Waals surface area contributed by atoms with Gasteiger partial charge in [0.2, 0.25) is 0 Å². The quantitative estimate of drug-likeness (QED) is 0.266. The molecule has 0 radical (unpaired) electrons. The molecular weight excluding hydrogens is 478 g/mol. The molecule has 37 heavy (non-hydrogen) atoms. The molecule has 0 saturated carbocycles. The molecule has 1 aromatic carbocycles. The molecule has 1 aliphatic rings. The van der Waals surface area contributed by atoms with E-state index in [1.54, 1.807) is 39.0 Å². The minimum Gasteiger partial charge on any atom is -0.464 e. The van der Waals surface area contributed by atoms with Crippen LogP contribution in [-0.4, -0.2) is 54.8 Å². The summed E-state index contributed by atoms with van der Waals surface area (Å²) in [4.78, 5) is 48.9. The molecule has 1 fully saturated rings. The maximum atomic E-state index is 12.9. The van der Waals surface area contributed by atoms with Gasteiger partial charge in [0.25, 0.3) is 5.91 Å². The Morgan fingerprint density at radius 3 is 2.38 bits per heavy atom. The fourth-order valence-electron chi connectivity index (χ4n) is 4.63. The molecule has 1 aliphatic heterocycles. The maximum Gasteiger partial charge on any atom is 0.338 e. The summed E-state index contributed by atoms with van der Waals surface area (Å²) < 4.78 is 22.4. The Hall–Kier alpha value is -3.20. The second-order valence-corrected chi connectivity index (χ2v) is 9.59. The lowest BCUT2D eigenvalue weighted by molar-refractivity contribution is -0.200. The topological polar surface area (TPSA) is 117 Å². The third-order valence-electron chi connectivity index (χ3n) is 6.42. The normalized spacial score (nSPS) is 21.9. The number of carbonyl (C=O) groups is 4. The molecule has 0 aromatic heterocycles. The van der Waals surface area contributed by atoms with E-state index in [4.69, 9.17) is 18.9 Å². The van der Waals surface area contributed by atoms with Gasteiger partial charge in [-0.2, -0.15) is 0 Å². The summed E-state index contributed by atoms with van der Waals surface area (Å²) >= 11 is 0. The summed E-state index contributed by atoms with van der Waals surface area (Å²) in [5.41, 5.74) is 0.567. The summed E-state index contributed by atoms with van der Waals surface area (Å²) in [6.45, 7) is 14.0. The number of esters is 3. The Morgan fingerprint density at radius 2 is 1.84 bits per heavy atom. The van der Waals surface area contributed by atoms with Crippen molar-refractivity contribution in [3.05, 3.63) is 41.5 Å². The van der Waals surface area contributed by atoms with Gasteiger partial charge in [0.05, 0.1) is 19.3 Å². The highest BCUT2D eigenvalue weighted by Crippen LogP contribution is 2.38. The average molecular weight is 518 g/mol. The third-order valence-corrected chi connectivity index (χ3v) is 6.42. The van der Waals surface area contributed by atoms with Crippen molar-refractivity contribution in [3.8, 4) is 5.75 Å². The van der Waals surface area contributed by atoms with E-state index >= 15 is 0 Å². The second-order valence-electron chi connectivity index (χ2n) is 9.59. The number of ether oxygens (including phenoxy) is 4. The highest BCUT2D eigenvalue weighted by atomic mass is 16.6. The predicted molar refractivity (Wildman–Crippen MR) is 137 cm³/mol. The van der Waals surface area contributed by atoms with Crippen LogP contribution < -0.4 is 10.1 Å². The van der Waals surface area contributed by atoms with E-state index in [-0.39, 0.29) is 25.0 Å². The van der Waals surface area contributed by atoms with Crippen LogP contribution >= 0.6 is 0 Å². The zero-order chi connectivity index (χ0) is 27.8. The van der Waals surface area contributed by atoms with Crippen molar-refractivity contribution in [1.29, 1.82) is 0 Å². The summed E-state index contributed by atoms with van der Waals surface area (Å²) in [7, 11) is 0. The van der Waals surface area contributed by atoms with Gasteiger partial charge in [0.1, 0.15) is 11.9 Å². The molecule has 1 amide bonds. The monoisotopic (exact) mass is 517 g/mol. The highest BCUT2D eigenvalue weighted by molar-refractivity contribution is 5.95. The molecule has 4 atom stereocenters. The van der Waals surface area contributed by atoms with Gasteiger partial charge in [-0.25, -0.2) is 4.79 Å². The van der Waals surface area contributed by atoms with Crippen molar-refractivity contribution in [2.45, 2.75) is 85.0 Å². The number of aryl methyl sites for hydroxylation is 2. The Labute approximate surface area is 218 Å². The Kier molecular flexibility index (Phi) is 10.9. The average Bonchev–Trinajstić information content (AvgIpc) is 2.81. The summed E-state index contributed by atoms with van der Waals surface area (Å²) in [6.07, 6.45) is 2.42. The summed E-state index contributed by atoms with van der Waals surface area (Å²) in [5, 5.41) is 2.83. The molecule has 0 aliphatic carbocycles. The van der Waals surface area contributed by atoms with E-state index in [0.717, 1.165) is 6.42 Å². The summed E-state index contributed by atoms with van der Waals surface area (Å²) in [6, 6.07) is 3.27. The molecule has 204 valence electrons. The zero-order valence-corrected chi connectivity index (χ0v) is 22.7. The number of benzene rings is 1. The first-order valence-corrected chi connectivity index (χ1v) is 12.6. The van der Waals surface area contributed by atoms with Gasteiger partial charge in [-0.1, -0.05) is 13.0 Å². The highest BCUT2D eigenvalue weighted by Gasteiger charge is 2.47. The molecule has 9 heteroatoms. The van der Waals surface area contributed by atoms with Crippen molar-refractivity contribution in [2.24, 2.45) is 5.92 Å². The molecule has 1 heterocycles. The fraction of sp³-hybridized carbons (Fsp3) is 0.571. The smallest absolute Gasteiger partial charge is 0.338 e. The molecule has 2 rings (SSSR count). The third kappa shape index (κ3) is 8.15. The van der Waals surface area contributed by atoms with E-state index in [9.17, 15) is 19.2 Å². The number of hydrogen-bond acceptors (Lipinski definition) is 8. The standard InChI is InChI=1S/C28H39NO8/c1-8-11-28(27(33)34-9-2)12-10-17(3)24(37-28)15-23(35-20(6)30)16-29-26(32)22-13-18(4)25(19(5)14-22)36-21(7)31/h8,13-14,17,23-24H,1,9-12,15-16H2,2-7H3,(H,29,32)/t17?,23?,24-,28+/m0/s1. The maximum absolute atomic E-state index is 12.9. The van der Waals surface area contributed by atoms with Gasteiger partial charge in [-0.05, 0) is 62.8 Å². The lowest BCUT2D eigenvalue weighted by Crippen LogP contribution is -2.52. The Balaban J connectivity index is 2.16. The number of rotatable bonds is 11. The van der Waals surface area contributed by atoms with Crippen molar-refractivity contribution in [1.82, 2.24) is 5.32 Å². The largest absolute Gasteiger partial charge is 0.464 e. The van der Waals surface area contributed by atoms with Crippen molar-refractivity contribution < 1.29 is 38.1 Å². The lowest BCUT2D eigenvalue weighted by atomic mass is 9.82. The molecule has 0 bridgehead atoms. The molecule has 9 nitrogen and oxygen atoms in total. The number of nitrogens with one attached hydrogen (secondary N) is 1. The van der Waals surface area contributed by atoms with Crippen LogP contribution in [0, 0.1) is 19.8 Å². The van der Waals surface area contributed by atoms with Gasteiger partial charge in [0, 0.05) is 32.3 Å². The van der Waals surface area contributed by atoms with Gasteiger partial charge in [-0.3, -0.25) is 14.4 Å². The van der Waals surface area contributed by atoms with Gasteiger partial charge in [-0.15, -0.1) is 6.58 Å². The lowest BCUT2D eigenvalue weighted by Gasteiger charge is -2.42. The van der Waals surface area contributed by atoms with E-state index < -0.39 is 35.7 Å². The molecule has 1 saturated heterocycles. The van der Waals surface area contributed by atoms with E-state index in [2.05, 4.69) is 11.9 Å². The van der Waals surface area contributed by atoms with Crippen LogP contribution in [0.3, 0.4) is 0 Å². The van der Waals surface area contributed by atoms with Crippen LogP contribution in [-0.2, 0) is 28.6 Å². The number of amides is 1. The van der Waals surface area contributed by atoms with Gasteiger partial charge < -0.3 is 24.3 Å². The summed E-state index contributed by atoms with van der Waals surface area (Å²) in [5.74, 6) is -1.18. The first kappa shape index (κ1) is 30.0. The van der Waals surface area contributed by atoms with Gasteiger partial charge >= 0.3 is 17.9 Å². The van der Waals surface area contributed by atoms with Crippen LogP contribution in [0.2, 0.25) is 0 Å². The predicted octanol–water partition coefficient (Wildman–Crippen LogP) is 3.97. The zero-order valence-electron chi connectivity index (χ0n) is 22.7. The van der Waals surface area contributed by atoms with E-state index in [0.29, 0.717) is 41.7 Å². The fourth-order valence-corrected chi connectivity index (χ4v) is 4.63. The SMILES string of the molecule is C=CC[C@]1(C(=O)OCC)CCC(C)[C@H](CC(CNC(=O)c2cc(C)c(OC(C)=O)c(C)c2)OC(C)=O)O1. The number of hydrogen-bond donors (Lipinski definition) is 1. The molecule has 2 unspecified atom stereocenters. The van der Waals surface area contributed by atoms with Crippen LogP contribution in [0.1, 0.15) is 74.9 Å². The number of carbonyl (C=O) groups excluding carboxylic acids is 4. The molecule has 0 spiro atoms. The van der Waals surface area contributed by atoms with Crippen LogP contribution in [0.4, 0.5) is 0 Å². The first-order valence-electron chi connectivity index (χ1n) is 12.6. The van der Waals surface area contributed by atoms with Crippen molar-refractivity contribution >= 4 is 23.8 Å². The molecule has 1 aromatic rings. The minimum atomic E-state index is -1.13. The Bertz CT molecular complexity index is 996. The van der Waals surface area contributed by atoms with Gasteiger partial charge in [0.15, 0.2) is 5.60 Å². The first-order chi connectivity index (χ1) is 17.4. The van der Waals surface area contributed by atoms with Crippen LogP contribution in [0.5, 0.6) is 5.75 Å². The second kappa shape index (κ2) is 13.4. The molecule has 1 N–H and O–H groups in total. The van der Waals surface area contributed by atoms with E-state index in [1.807, 2.05) is 6.92 Å². The van der Waals surface area contributed by atoms with Crippen LogP contribution in [0.15, 0.2) is 24.8 Å². The van der Waals surface area contributed by atoms with Crippen molar-refractivity contribution in [2.75, 3.05) is 13.2 Å². The minimum absolute atomic E-state index is 0.0582. The van der Waals surface area contributed by atoms with Crippen LogP contribution in [0.25, 0.3) is 0 Å².